The molecule has 1 aliphatic rings. The SMILES string of the molecule is CS(=O)(=O)c1cccc(/C=C2\SC(=S)N(Cc3ccc(C(F)(F)F)cc3)C2=O)c1. The first kappa shape index (κ1) is 21.5. The molecular weight excluding hydrogens is 443 g/mol. The highest BCUT2D eigenvalue weighted by molar-refractivity contribution is 8.26. The van der Waals surface area contributed by atoms with Crippen LogP contribution in [0.5, 0.6) is 0 Å². The molecule has 4 nitrogen and oxygen atoms in total. The van der Waals surface area contributed by atoms with Gasteiger partial charge in [-0.05, 0) is 41.5 Å². The van der Waals surface area contributed by atoms with Crippen LogP contribution in [0.1, 0.15) is 16.7 Å². The molecule has 3 rings (SSSR count). The van der Waals surface area contributed by atoms with Crippen molar-refractivity contribution in [3.8, 4) is 0 Å². The Balaban J connectivity index is 1.80. The zero-order chi connectivity index (χ0) is 21.4. The Morgan fingerprint density at radius 2 is 1.79 bits per heavy atom. The summed E-state index contributed by atoms with van der Waals surface area (Å²) in [7, 11) is -3.39. The number of hydrogen-bond donors (Lipinski definition) is 0. The molecule has 0 bridgehead atoms. The van der Waals surface area contributed by atoms with E-state index in [-0.39, 0.29) is 21.7 Å². The van der Waals surface area contributed by atoms with E-state index in [0.717, 1.165) is 30.2 Å². The number of nitrogens with zero attached hydrogens (tertiary/aromatic N) is 1. The minimum absolute atomic E-state index is 0.0452. The molecule has 0 unspecified atom stereocenters. The van der Waals surface area contributed by atoms with Crippen molar-refractivity contribution in [2.75, 3.05) is 6.26 Å². The largest absolute Gasteiger partial charge is 0.416 e. The molecule has 1 saturated heterocycles. The fourth-order valence-electron chi connectivity index (χ4n) is 2.60. The maximum absolute atomic E-state index is 12.7. The van der Waals surface area contributed by atoms with Crippen LogP contribution in [0.3, 0.4) is 0 Å². The molecule has 1 heterocycles. The molecule has 2 aromatic rings. The van der Waals surface area contributed by atoms with Crippen LogP contribution >= 0.6 is 24.0 Å². The summed E-state index contributed by atoms with van der Waals surface area (Å²) in [5, 5.41) is 0. The molecule has 0 N–H and O–H groups in total. The van der Waals surface area contributed by atoms with Crippen LogP contribution < -0.4 is 0 Å². The van der Waals surface area contributed by atoms with Gasteiger partial charge < -0.3 is 0 Å². The van der Waals surface area contributed by atoms with Gasteiger partial charge >= 0.3 is 6.18 Å². The van der Waals surface area contributed by atoms with Gasteiger partial charge in [-0.15, -0.1) is 0 Å². The van der Waals surface area contributed by atoms with Crippen LogP contribution in [0, 0.1) is 0 Å². The highest BCUT2D eigenvalue weighted by Crippen LogP contribution is 2.34. The van der Waals surface area contributed by atoms with Crippen molar-refractivity contribution < 1.29 is 26.4 Å². The lowest BCUT2D eigenvalue weighted by atomic mass is 10.1. The number of halogens is 3. The number of carbonyl (C=O) groups is 1. The Labute approximate surface area is 175 Å². The second kappa shape index (κ2) is 7.92. The molecule has 0 saturated carbocycles. The molecule has 10 heteroatoms. The molecule has 0 radical (unpaired) electrons. The van der Waals surface area contributed by atoms with Gasteiger partial charge in [-0.25, -0.2) is 8.42 Å². The summed E-state index contributed by atoms with van der Waals surface area (Å²) >= 11 is 6.29. The van der Waals surface area contributed by atoms with Crippen molar-refractivity contribution in [3.63, 3.8) is 0 Å². The third-order valence-corrected chi connectivity index (χ3v) is 6.57. The fourth-order valence-corrected chi connectivity index (χ4v) is 4.54. The first-order valence-electron chi connectivity index (χ1n) is 8.17. The smallest absolute Gasteiger partial charge is 0.288 e. The van der Waals surface area contributed by atoms with Crippen LogP contribution in [0.2, 0.25) is 0 Å². The Morgan fingerprint density at radius 1 is 1.14 bits per heavy atom. The van der Waals surface area contributed by atoms with E-state index in [2.05, 4.69) is 0 Å². The number of benzene rings is 2. The van der Waals surface area contributed by atoms with Crippen LogP contribution in [0.4, 0.5) is 13.2 Å². The van der Waals surface area contributed by atoms with E-state index in [4.69, 9.17) is 12.2 Å². The Morgan fingerprint density at radius 3 is 2.38 bits per heavy atom. The summed E-state index contributed by atoms with van der Waals surface area (Å²) in [6, 6.07) is 10.7. The highest BCUT2D eigenvalue weighted by atomic mass is 32.2. The van der Waals surface area contributed by atoms with Gasteiger partial charge in [-0.2, -0.15) is 13.2 Å². The standard InChI is InChI=1S/C19H14F3NO3S3/c1-29(25,26)15-4-2-3-13(9-15)10-16-17(24)23(18(27)28-16)11-12-5-7-14(8-6-12)19(20,21)22/h2-10H,11H2,1H3/b16-10-. The van der Waals surface area contributed by atoms with E-state index in [1.54, 1.807) is 18.2 Å². The maximum atomic E-state index is 12.7. The van der Waals surface area contributed by atoms with Gasteiger partial charge in [0.25, 0.3) is 5.91 Å². The van der Waals surface area contributed by atoms with Gasteiger partial charge in [0, 0.05) is 6.26 Å². The maximum Gasteiger partial charge on any atom is 0.416 e. The zero-order valence-electron chi connectivity index (χ0n) is 14.9. The van der Waals surface area contributed by atoms with Gasteiger partial charge in [0.15, 0.2) is 9.84 Å². The molecule has 0 spiro atoms. The second-order valence-corrected chi connectivity index (χ2v) is 10.00. The summed E-state index contributed by atoms with van der Waals surface area (Å²) in [6.45, 7) is 0.0452. The van der Waals surface area contributed by atoms with Crippen molar-refractivity contribution in [1.82, 2.24) is 4.90 Å². The molecule has 1 aliphatic heterocycles. The van der Waals surface area contributed by atoms with Gasteiger partial charge in [-0.3, -0.25) is 9.69 Å². The third-order valence-electron chi connectivity index (χ3n) is 4.08. The van der Waals surface area contributed by atoms with E-state index in [0.29, 0.717) is 16.0 Å². The van der Waals surface area contributed by atoms with Crippen LogP contribution in [0.25, 0.3) is 6.08 Å². The minimum Gasteiger partial charge on any atom is -0.288 e. The first-order chi connectivity index (χ1) is 13.4. The van der Waals surface area contributed by atoms with Crippen LogP contribution in [-0.4, -0.2) is 29.8 Å². The van der Waals surface area contributed by atoms with Gasteiger partial charge in [0.05, 0.1) is 21.9 Å². The molecule has 1 fully saturated rings. The van der Waals surface area contributed by atoms with Gasteiger partial charge in [-0.1, -0.05) is 48.2 Å². The number of thioether (sulfide) groups is 1. The monoisotopic (exact) mass is 457 g/mol. The van der Waals surface area contributed by atoms with E-state index >= 15 is 0 Å². The Kier molecular flexibility index (Phi) is 5.88. The average molecular weight is 458 g/mol. The van der Waals surface area contributed by atoms with E-state index < -0.39 is 21.6 Å². The number of thiocarbonyl (C=S) groups is 1. The summed E-state index contributed by atoms with van der Waals surface area (Å²) in [5.74, 6) is -0.385. The third kappa shape index (κ3) is 5.06. The van der Waals surface area contributed by atoms with Gasteiger partial charge in [0.1, 0.15) is 4.32 Å². The lowest BCUT2D eigenvalue weighted by molar-refractivity contribution is -0.137. The topological polar surface area (TPSA) is 54.5 Å². The number of carbonyl (C=O) groups excluding carboxylic acids is 1. The van der Waals surface area contributed by atoms with Crippen molar-refractivity contribution in [2.45, 2.75) is 17.6 Å². The molecule has 152 valence electrons. The average Bonchev–Trinajstić information content (AvgIpc) is 2.88. The van der Waals surface area contributed by atoms with Crippen molar-refractivity contribution in [3.05, 3.63) is 70.1 Å². The van der Waals surface area contributed by atoms with Crippen molar-refractivity contribution >= 4 is 50.1 Å². The summed E-state index contributed by atoms with van der Waals surface area (Å²) in [5.41, 5.74) is 0.273. The predicted octanol–water partition coefficient (Wildman–Crippen LogP) is 4.51. The Bertz CT molecular complexity index is 1110. The normalized spacial score (nSPS) is 16.7. The summed E-state index contributed by atoms with van der Waals surface area (Å²) in [6.07, 6.45) is -1.79. The molecule has 0 aliphatic carbocycles. The summed E-state index contributed by atoms with van der Waals surface area (Å²) in [4.78, 5) is 14.4. The first-order valence-corrected chi connectivity index (χ1v) is 11.3. The number of amides is 1. The lowest BCUT2D eigenvalue weighted by Crippen LogP contribution is -2.27. The number of rotatable bonds is 4. The number of hydrogen-bond acceptors (Lipinski definition) is 5. The highest BCUT2D eigenvalue weighted by Gasteiger charge is 2.33. The molecule has 0 atom stereocenters. The molecule has 0 aromatic heterocycles. The van der Waals surface area contributed by atoms with E-state index in [1.165, 1.54) is 29.2 Å². The zero-order valence-corrected chi connectivity index (χ0v) is 17.4. The second-order valence-electron chi connectivity index (χ2n) is 6.31. The van der Waals surface area contributed by atoms with E-state index in [1.807, 2.05) is 0 Å². The molecule has 29 heavy (non-hydrogen) atoms. The van der Waals surface area contributed by atoms with Crippen LogP contribution in [-0.2, 0) is 27.4 Å². The predicted molar refractivity (Wildman–Crippen MR) is 110 cm³/mol. The minimum atomic E-state index is -4.43. The van der Waals surface area contributed by atoms with Crippen molar-refractivity contribution in [2.24, 2.45) is 0 Å². The molecule has 2 aromatic carbocycles. The van der Waals surface area contributed by atoms with Crippen molar-refractivity contribution in [1.29, 1.82) is 0 Å². The Hall–Kier alpha value is -2.17. The number of alkyl halides is 3. The van der Waals surface area contributed by atoms with E-state index in [9.17, 15) is 26.4 Å². The van der Waals surface area contributed by atoms with Gasteiger partial charge in [0.2, 0.25) is 0 Å². The van der Waals surface area contributed by atoms with Crippen LogP contribution in [0.15, 0.2) is 58.3 Å². The number of sulfone groups is 1. The quantitative estimate of drug-likeness (QED) is 0.500. The molecule has 1 amide bonds. The lowest BCUT2D eigenvalue weighted by Gasteiger charge is -2.15. The molecular formula is C19H14F3NO3S3. The summed E-state index contributed by atoms with van der Waals surface area (Å²) < 4.78 is 61.7. The fraction of sp³-hybridized carbons (Fsp3) is 0.158.